The number of aromatic nitrogens is 2. The van der Waals surface area contributed by atoms with Gasteiger partial charge in [-0.15, -0.1) is 0 Å². The third-order valence-corrected chi connectivity index (χ3v) is 3.78. The molecular formula is C11H14BrClN4O2. The fraction of sp³-hybridized carbons (Fsp3) is 0.545. The van der Waals surface area contributed by atoms with Crippen LogP contribution in [0.1, 0.15) is 25.7 Å². The van der Waals surface area contributed by atoms with Crippen LogP contribution >= 0.6 is 27.5 Å². The fourth-order valence-electron chi connectivity index (χ4n) is 2.13. The van der Waals surface area contributed by atoms with E-state index < -0.39 is 6.09 Å². The summed E-state index contributed by atoms with van der Waals surface area (Å²) in [5, 5.41) is 3.51. The first kappa shape index (κ1) is 14.3. The lowest BCUT2D eigenvalue weighted by atomic mass is 9.93. The summed E-state index contributed by atoms with van der Waals surface area (Å²) >= 11 is 9.13. The van der Waals surface area contributed by atoms with Crippen molar-refractivity contribution in [3.05, 3.63) is 16.0 Å². The molecule has 0 bridgehead atoms. The molecule has 104 valence electrons. The van der Waals surface area contributed by atoms with Gasteiger partial charge in [0.15, 0.2) is 0 Å². The summed E-state index contributed by atoms with van der Waals surface area (Å²) in [6, 6.07) is 0.273. The first-order chi connectivity index (χ1) is 9.04. The average Bonchev–Trinajstić information content (AvgIpc) is 2.35. The van der Waals surface area contributed by atoms with Gasteiger partial charge in [-0.3, -0.25) is 0 Å². The van der Waals surface area contributed by atoms with E-state index in [0.717, 1.165) is 30.2 Å². The number of hydrogen-bond acceptors (Lipinski definition) is 5. The van der Waals surface area contributed by atoms with Crippen LogP contribution in [0.3, 0.4) is 0 Å². The maximum absolute atomic E-state index is 10.7. The van der Waals surface area contributed by atoms with Gasteiger partial charge in [0.1, 0.15) is 11.9 Å². The number of nitrogens with two attached hydrogens (primary N) is 1. The smallest absolute Gasteiger partial charge is 0.404 e. The van der Waals surface area contributed by atoms with Crippen LogP contribution in [0.4, 0.5) is 10.6 Å². The molecule has 3 N–H and O–H groups in total. The van der Waals surface area contributed by atoms with Crippen LogP contribution in [0.15, 0.2) is 10.7 Å². The van der Waals surface area contributed by atoms with E-state index in [4.69, 9.17) is 22.1 Å². The molecule has 0 atom stereocenters. The summed E-state index contributed by atoms with van der Waals surface area (Å²) in [7, 11) is 0. The first-order valence-corrected chi connectivity index (χ1v) is 7.12. The van der Waals surface area contributed by atoms with Gasteiger partial charge in [0.25, 0.3) is 0 Å². The number of nitrogens with zero attached hydrogens (tertiary/aromatic N) is 2. The van der Waals surface area contributed by atoms with E-state index in [1.165, 1.54) is 0 Å². The molecule has 1 amide bonds. The maximum Gasteiger partial charge on any atom is 0.404 e. The SMILES string of the molecule is NC(=O)OC1CCC(Nc2nc(Cl)ncc2Br)CC1. The molecule has 0 spiro atoms. The molecule has 6 nitrogen and oxygen atoms in total. The molecule has 8 heteroatoms. The Bertz CT molecular complexity index is 466. The molecule has 1 fully saturated rings. The Morgan fingerprint density at radius 3 is 2.79 bits per heavy atom. The molecule has 1 saturated carbocycles. The van der Waals surface area contributed by atoms with Crippen molar-refractivity contribution < 1.29 is 9.53 Å². The standard InChI is InChI=1S/C11H14BrClN4O2/c12-8-5-15-10(13)17-9(8)16-6-1-3-7(4-2-6)19-11(14)18/h5-7H,1-4H2,(H2,14,18)(H,15,16,17). The van der Waals surface area contributed by atoms with E-state index in [-0.39, 0.29) is 17.4 Å². The summed E-state index contributed by atoms with van der Waals surface area (Å²) in [4.78, 5) is 18.7. The number of carbonyl (C=O) groups excluding carboxylic acids is 1. The highest BCUT2D eigenvalue weighted by Crippen LogP contribution is 2.27. The van der Waals surface area contributed by atoms with Crippen LogP contribution in [-0.4, -0.2) is 28.2 Å². The Hall–Kier alpha value is -1.08. The highest BCUT2D eigenvalue weighted by molar-refractivity contribution is 9.10. The summed E-state index contributed by atoms with van der Waals surface area (Å²) in [6.07, 6.45) is 4.17. The highest BCUT2D eigenvalue weighted by atomic mass is 79.9. The Labute approximate surface area is 124 Å². The topological polar surface area (TPSA) is 90.1 Å². The largest absolute Gasteiger partial charge is 0.446 e. The molecule has 0 saturated heterocycles. The number of primary amides is 1. The molecule has 1 heterocycles. The first-order valence-electron chi connectivity index (χ1n) is 5.95. The number of rotatable bonds is 3. The van der Waals surface area contributed by atoms with Crippen molar-refractivity contribution >= 4 is 39.4 Å². The van der Waals surface area contributed by atoms with Crippen molar-refractivity contribution in [2.75, 3.05) is 5.32 Å². The van der Waals surface area contributed by atoms with E-state index >= 15 is 0 Å². The summed E-state index contributed by atoms with van der Waals surface area (Å²) in [5.74, 6) is 0.680. The predicted molar refractivity (Wildman–Crippen MR) is 75.1 cm³/mol. The molecule has 0 unspecified atom stereocenters. The fourth-order valence-corrected chi connectivity index (χ4v) is 2.57. The molecule has 1 aromatic heterocycles. The van der Waals surface area contributed by atoms with Gasteiger partial charge in [-0.25, -0.2) is 9.78 Å². The van der Waals surface area contributed by atoms with Crippen molar-refractivity contribution in [3.8, 4) is 0 Å². The van der Waals surface area contributed by atoms with E-state index in [9.17, 15) is 4.79 Å². The van der Waals surface area contributed by atoms with Crippen LogP contribution in [0.2, 0.25) is 5.28 Å². The third-order valence-electron chi connectivity index (χ3n) is 3.01. The Kier molecular flexibility index (Phi) is 4.81. The lowest BCUT2D eigenvalue weighted by Crippen LogP contribution is -2.32. The lowest BCUT2D eigenvalue weighted by Gasteiger charge is -2.28. The van der Waals surface area contributed by atoms with Crippen LogP contribution in [-0.2, 0) is 4.74 Å². The average molecular weight is 350 g/mol. The number of carbonyl (C=O) groups is 1. The zero-order chi connectivity index (χ0) is 13.8. The second-order valence-electron chi connectivity index (χ2n) is 4.39. The normalized spacial score (nSPS) is 22.8. The van der Waals surface area contributed by atoms with E-state index in [0.29, 0.717) is 5.82 Å². The zero-order valence-electron chi connectivity index (χ0n) is 10.1. The second-order valence-corrected chi connectivity index (χ2v) is 5.58. The van der Waals surface area contributed by atoms with Crippen LogP contribution in [0.5, 0.6) is 0 Å². The summed E-state index contributed by atoms with van der Waals surface area (Å²) < 4.78 is 5.76. The number of hydrogen-bond donors (Lipinski definition) is 2. The molecule has 0 aromatic carbocycles. The molecule has 2 rings (SSSR count). The number of nitrogens with one attached hydrogen (secondary N) is 1. The van der Waals surface area contributed by atoms with Crippen LogP contribution < -0.4 is 11.1 Å². The number of amides is 1. The molecular weight excluding hydrogens is 336 g/mol. The van der Waals surface area contributed by atoms with Crippen LogP contribution in [0.25, 0.3) is 0 Å². The minimum Gasteiger partial charge on any atom is -0.446 e. The Morgan fingerprint density at radius 1 is 1.47 bits per heavy atom. The monoisotopic (exact) mass is 348 g/mol. The van der Waals surface area contributed by atoms with Gasteiger partial charge in [-0.1, -0.05) is 0 Å². The van der Waals surface area contributed by atoms with Gasteiger partial charge in [-0.2, -0.15) is 4.98 Å². The molecule has 0 aliphatic heterocycles. The van der Waals surface area contributed by atoms with Crippen molar-refractivity contribution in [2.24, 2.45) is 5.73 Å². The van der Waals surface area contributed by atoms with E-state index in [2.05, 4.69) is 31.2 Å². The quantitative estimate of drug-likeness (QED) is 0.819. The second kappa shape index (κ2) is 6.38. The maximum atomic E-state index is 10.7. The number of ether oxygens (including phenoxy) is 1. The molecule has 19 heavy (non-hydrogen) atoms. The minimum atomic E-state index is -0.707. The zero-order valence-corrected chi connectivity index (χ0v) is 12.4. The van der Waals surface area contributed by atoms with Gasteiger partial charge in [-0.05, 0) is 53.2 Å². The van der Waals surface area contributed by atoms with Gasteiger partial charge in [0.05, 0.1) is 4.47 Å². The van der Waals surface area contributed by atoms with Gasteiger partial charge in [0, 0.05) is 12.2 Å². The van der Waals surface area contributed by atoms with E-state index in [1.54, 1.807) is 6.20 Å². The van der Waals surface area contributed by atoms with Crippen LogP contribution in [0, 0.1) is 0 Å². The van der Waals surface area contributed by atoms with Gasteiger partial charge >= 0.3 is 6.09 Å². The third kappa shape index (κ3) is 4.21. The number of anilines is 1. The predicted octanol–water partition coefficient (Wildman–Crippen LogP) is 2.71. The van der Waals surface area contributed by atoms with Gasteiger partial charge < -0.3 is 15.8 Å². The summed E-state index contributed by atoms with van der Waals surface area (Å²) in [5.41, 5.74) is 5.00. The van der Waals surface area contributed by atoms with Crippen molar-refractivity contribution in [3.63, 3.8) is 0 Å². The Morgan fingerprint density at radius 2 is 2.16 bits per heavy atom. The van der Waals surface area contributed by atoms with Gasteiger partial charge in [0.2, 0.25) is 5.28 Å². The van der Waals surface area contributed by atoms with E-state index in [1.807, 2.05) is 0 Å². The minimum absolute atomic E-state index is 0.0759. The molecule has 1 aliphatic carbocycles. The number of halogens is 2. The lowest BCUT2D eigenvalue weighted by molar-refractivity contribution is 0.0805. The molecule has 1 aliphatic rings. The summed E-state index contributed by atoms with van der Waals surface area (Å²) in [6.45, 7) is 0. The molecule has 1 aromatic rings. The Balaban J connectivity index is 1.88. The van der Waals surface area contributed by atoms with Crippen molar-refractivity contribution in [2.45, 2.75) is 37.8 Å². The van der Waals surface area contributed by atoms with Crippen molar-refractivity contribution in [1.29, 1.82) is 0 Å². The van der Waals surface area contributed by atoms with Crippen molar-refractivity contribution in [1.82, 2.24) is 9.97 Å². The highest BCUT2D eigenvalue weighted by Gasteiger charge is 2.24. The molecule has 0 radical (unpaired) electrons.